The number of rotatable bonds is 2. The van der Waals surface area contributed by atoms with Crippen molar-refractivity contribution in [3.05, 3.63) is 12.2 Å². The topological polar surface area (TPSA) is 35.5 Å². The Morgan fingerprint density at radius 3 is 3.00 bits per heavy atom. The highest BCUT2D eigenvalue weighted by atomic mass is 16.6. The van der Waals surface area contributed by atoms with Crippen LogP contribution >= 0.6 is 0 Å². The second-order valence-corrected chi connectivity index (χ2v) is 2.29. The molecule has 0 aromatic carbocycles. The van der Waals surface area contributed by atoms with Gasteiger partial charge < -0.3 is 9.47 Å². The van der Waals surface area contributed by atoms with E-state index in [1.54, 1.807) is 7.11 Å². The number of hydrogen-bond donors (Lipinski definition) is 0. The van der Waals surface area contributed by atoms with Crippen LogP contribution in [-0.4, -0.2) is 25.8 Å². The van der Waals surface area contributed by atoms with Crippen LogP contribution in [0.5, 0.6) is 0 Å². The molecular formula is C7H10O3. The molecule has 10 heavy (non-hydrogen) atoms. The third-order valence-electron chi connectivity index (χ3n) is 1.39. The number of ether oxygens (including phenoxy) is 2. The normalized spacial score (nSPS) is 25.1. The van der Waals surface area contributed by atoms with Crippen LogP contribution in [0.4, 0.5) is 0 Å². The standard InChI is InChI=1S/C7H10O3/c1-5-3-6(4-9-2)10-7(5)8/h6H,1,3-4H2,2H3. The number of carbonyl (C=O) groups is 1. The van der Waals surface area contributed by atoms with Gasteiger partial charge in [-0.05, 0) is 0 Å². The quantitative estimate of drug-likeness (QED) is 0.416. The monoisotopic (exact) mass is 142 g/mol. The predicted molar refractivity (Wildman–Crippen MR) is 35.5 cm³/mol. The van der Waals surface area contributed by atoms with E-state index >= 15 is 0 Å². The van der Waals surface area contributed by atoms with E-state index in [-0.39, 0.29) is 12.1 Å². The zero-order chi connectivity index (χ0) is 7.56. The minimum absolute atomic E-state index is 0.106. The van der Waals surface area contributed by atoms with Gasteiger partial charge in [-0.1, -0.05) is 6.58 Å². The third kappa shape index (κ3) is 1.36. The van der Waals surface area contributed by atoms with Crippen LogP contribution in [0.1, 0.15) is 6.42 Å². The van der Waals surface area contributed by atoms with Crippen molar-refractivity contribution in [1.82, 2.24) is 0 Å². The SMILES string of the molecule is C=C1CC(COC)OC1=O. The van der Waals surface area contributed by atoms with Gasteiger partial charge in [0.05, 0.1) is 6.61 Å². The molecule has 0 amide bonds. The molecule has 56 valence electrons. The van der Waals surface area contributed by atoms with Crippen LogP contribution in [-0.2, 0) is 14.3 Å². The molecule has 0 spiro atoms. The predicted octanol–water partition coefficient (Wildman–Crippen LogP) is 0.504. The highest BCUT2D eigenvalue weighted by Crippen LogP contribution is 2.17. The van der Waals surface area contributed by atoms with Crippen LogP contribution in [0.2, 0.25) is 0 Å². The number of carbonyl (C=O) groups excluding carboxylic acids is 1. The van der Waals surface area contributed by atoms with Crippen molar-refractivity contribution in [2.24, 2.45) is 0 Å². The number of methoxy groups -OCH3 is 1. The second kappa shape index (κ2) is 2.84. The molecule has 0 saturated carbocycles. The Balaban J connectivity index is 2.41. The van der Waals surface area contributed by atoms with Gasteiger partial charge in [0, 0.05) is 19.1 Å². The highest BCUT2D eigenvalue weighted by Gasteiger charge is 2.26. The van der Waals surface area contributed by atoms with Crippen molar-refractivity contribution in [3.8, 4) is 0 Å². The largest absolute Gasteiger partial charge is 0.456 e. The maximum atomic E-state index is 10.7. The van der Waals surface area contributed by atoms with Gasteiger partial charge in [-0.3, -0.25) is 0 Å². The van der Waals surface area contributed by atoms with Gasteiger partial charge in [0.2, 0.25) is 0 Å². The molecule has 1 fully saturated rings. The fourth-order valence-corrected chi connectivity index (χ4v) is 0.913. The Hall–Kier alpha value is -0.830. The Kier molecular flexibility index (Phi) is 2.06. The summed E-state index contributed by atoms with van der Waals surface area (Å²) >= 11 is 0. The molecule has 0 N–H and O–H groups in total. The molecule has 0 aromatic rings. The van der Waals surface area contributed by atoms with Gasteiger partial charge >= 0.3 is 5.97 Å². The van der Waals surface area contributed by atoms with E-state index < -0.39 is 0 Å². The molecule has 1 aliphatic rings. The maximum absolute atomic E-state index is 10.7. The molecule has 0 bridgehead atoms. The van der Waals surface area contributed by atoms with E-state index in [4.69, 9.17) is 9.47 Å². The van der Waals surface area contributed by atoms with Gasteiger partial charge in [-0.25, -0.2) is 4.79 Å². The molecule has 0 aromatic heterocycles. The van der Waals surface area contributed by atoms with Crippen molar-refractivity contribution in [2.75, 3.05) is 13.7 Å². The number of cyclic esters (lactones) is 1. The Labute approximate surface area is 59.6 Å². The van der Waals surface area contributed by atoms with Crippen LogP contribution in [0, 0.1) is 0 Å². The van der Waals surface area contributed by atoms with Gasteiger partial charge in [0.1, 0.15) is 6.10 Å². The summed E-state index contributed by atoms with van der Waals surface area (Å²) in [6.45, 7) is 4.00. The van der Waals surface area contributed by atoms with E-state index in [1.807, 2.05) is 0 Å². The lowest BCUT2D eigenvalue weighted by Gasteiger charge is -2.04. The maximum Gasteiger partial charge on any atom is 0.333 e. The summed E-state index contributed by atoms with van der Waals surface area (Å²) in [5.74, 6) is -0.290. The van der Waals surface area contributed by atoms with E-state index in [9.17, 15) is 4.79 Å². The van der Waals surface area contributed by atoms with Crippen molar-refractivity contribution in [1.29, 1.82) is 0 Å². The third-order valence-corrected chi connectivity index (χ3v) is 1.39. The molecule has 3 nitrogen and oxygen atoms in total. The first kappa shape index (κ1) is 7.28. The van der Waals surface area contributed by atoms with Crippen LogP contribution in [0.25, 0.3) is 0 Å². The minimum Gasteiger partial charge on any atom is -0.456 e. The van der Waals surface area contributed by atoms with Gasteiger partial charge in [-0.15, -0.1) is 0 Å². The molecule has 1 unspecified atom stereocenters. The van der Waals surface area contributed by atoms with E-state index in [2.05, 4.69) is 6.58 Å². The first-order valence-electron chi connectivity index (χ1n) is 3.11. The van der Waals surface area contributed by atoms with Gasteiger partial charge in [-0.2, -0.15) is 0 Å². The first-order valence-corrected chi connectivity index (χ1v) is 3.11. The highest BCUT2D eigenvalue weighted by molar-refractivity contribution is 5.89. The van der Waals surface area contributed by atoms with E-state index in [0.717, 1.165) is 0 Å². The fourth-order valence-electron chi connectivity index (χ4n) is 0.913. The second-order valence-electron chi connectivity index (χ2n) is 2.29. The average molecular weight is 142 g/mol. The zero-order valence-electron chi connectivity index (χ0n) is 5.92. The van der Waals surface area contributed by atoms with Gasteiger partial charge in [0.25, 0.3) is 0 Å². The summed E-state index contributed by atoms with van der Waals surface area (Å²) in [6.07, 6.45) is 0.497. The number of esters is 1. The van der Waals surface area contributed by atoms with Crippen molar-refractivity contribution >= 4 is 5.97 Å². The number of hydrogen-bond acceptors (Lipinski definition) is 3. The lowest BCUT2D eigenvalue weighted by Crippen LogP contribution is -2.13. The summed E-state index contributed by atoms with van der Waals surface area (Å²) in [4.78, 5) is 10.7. The molecule has 1 atom stereocenters. The average Bonchev–Trinajstić information content (AvgIpc) is 2.14. The van der Waals surface area contributed by atoms with Crippen LogP contribution in [0.15, 0.2) is 12.2 Å². The zero-order valence-corrected chi connectivity index (χ0v) is 5.92. The molecule has 1 rings (SSSR count). The van der Waals surface area contributed by atoms with Crippen LogP contribution in [0.3, 0.4) is 0 Å². The lowest BCUT2D eigenvalue weighted by atomic mass is 10.2. The summed E-state index contributed by atoms with van der Waals surface area (Å²) in [5, 5.41) is 0. The molecule has 1 heterocycles. The molecular weight excluding hydrogens is 132 g/mol. The van der Waals surface area contributed by atoms with E-state index in [0.29, 0.717) is 18.6 Å². The molecule has 1 aliphatic heterocycles. The smallest absolute Gasteiger partial charge is 0.333 e. The Morgan fingerprint density at radius 1 is 1.90 bits per heavy atom. The summed E-state index contributed by atoms with van der Waals surface area (Å²) in [6, 6.07) is 0. The van der Waals surface area contributed by atoms with Crippen molar-refractivity contribution < 1.29 is 14.3 Å². The van der Waals surface area contributed by atoms with E-state index in [1.165, 1.54) is 0 Å². The van der Waals surface area contributed by atoms with Crippen molar-refractivity contribution in [2.45, 2.75) is 12.5 Å². The summed E-state index contributed by atoms with van der Waals surface area (Å²) < 4.78 is 9.65. The Bertz CT molecular complexity index is 146. The Morgan fingerprint density at radius 2 is 2.60 bits per heavy atom. The molecule has 0 aliphatic carbocycles. The minimum atomic E-state index is -0.290. The molecule has 0 radical (unpaired) electrons. The summed E-state index contributed by atoms with van der Waals surface area (Å²) in [7, 11) is 1.58. The van der Waals surface area contributed by atoms with Crippen molar-refractivity contribution in [3.63, 3.8) is 0 Å². The fraction of sp³-hybridized carbons (Fsp3) is 0.571. The molecule has 3 heteroatoms. The lowest BCUT2D eigenvalue weighted by molar-refractivity contribution is -0.140. The van der Waals surface area contributed by atoms with Gasteiger partial charge in [0.15, 0.2) is 0 Å². The molecule has 1 saturated heterocycles. The van der Waals surface area contributed by atoms with Crippen LogP contribution < -0.4 is 0 Å². The first-order chi connectivity index (χ1) is 4.74. The summed E-state index contributed by atoms with van der Waals surface area (Å²) in [5.41, 5.74) is 0.544.